The van der Waals surface area contributed by atoms with Crippen LogP contribution in [0, 0.1) is 0 Å². The number of amides is 2. The molecular weight excluding hydrogens is 766 g/mol. The van der Waals surface area contributed by atoms with Gasteiger partial charge in [0.2, 0.25) is 11.8 Å². The van der Waals surface area contributed by atoms with E-state index in [2.05, 4.69) is 15.4 Å². The molecule has 14 N–H and O–H groups in total. The van der Waals surface area contributed by atoms with Crippen molar-refractivity contribution in [1.82, 2.24) is 10.6 Å². The molecule has 3 aliphatic rings. The fraction of sp³-hybridized carbons (Fsp3) is 0.839. The van der Waals surface area contributed by atoms with E-state index in [4.69, 9.17) is 34.2 Å². The minimum absolute atomic E-state index is 0.730. The van der Waals surface area contributed by atoms with Crippen molar-refractivity contribution in [2.24, 2.45) is 5.73 Å². The number of nitrogens with one attached hydrogen (secondary N) is 2. The zero-order valence-electron chi connectivity index (χ0n) is 30.6. The molecule has 3 fully saturated rings. The van der Waals surface area contributed by atoms with Crippen LogP contribution in [0.25, 0.3) is 0 Å². The van der Waals surface area contributed by atoms with E-state index >= 15 is 0 Å². The van der Waals surface area contributed by atoms with Gasteiger partial charge in [0.05, 0.1) is 31.5 Å². The topological polar surface area (TPSA) is 402 Å². The third kappa shape index (κ3) is 11.0. The van der Waals surface area contributed by atoms with Crippen LogP contribution >= 0.6 is 0 Å². The molecule has 56 heavy (non-hydrogen) atoms. The lowest BCUT2D eigenvalue weighted by Gasteiger charge is -2.51. The summed E-state index contributed by atoms with van der Waals surface area (Å²) in [5.74, 6) is -8.87. The molecule has 25 heteroatoms. The maximum Gasteiger partial charge on any atom is 0.364 e. The number of carboxylic acid groups (broad SMARTS) is 2. The van der Waals surface area contributed by atoms with Gasteiger partial charge in [-0.05, 0) is 6.92 Å². The van der Waals surface area contributed by atoms with Crippen molar-refractivity contribution in [3.8, 4) is 0 Å². The summed E-state index contributed by atoms with van der Waals surface area (Å²) in [6, 6.07) is -4.70. The number of aliphatic hydroxyl groups excluding tert-OH is 8. The Bertz CT molecular complexity index is 1380. The fourth-order valence-corrected chi connectivity index (χ4v) is 6.36. The molecule has 3 rings (SSSR count). The van der Waals surface area contributed by atoms with Crippen LogP contribution in [0.3, 0.4) is 0 Å². The van der Waals surface area contributed by atoms with E-state index in [1.807, 2.05) is 0 Å². The van der Waals surface area contributed by atoms with Gasteiger partial charge in [-0.3, -0.25) is 19.2 Å². The lowest BCUT2D eigenvalue weighted by atomic mass is 9.88. The maximum atomic E-state index is 12.8. The van der Waals surface area contributed by atoms with Gasteiger partial charge >= 0.3 is 17.9 Å². The second-order valence-electron chi connectivity index (χ2n) is 13.5. The zero-order chi connectivity index (χ0) is 42.4. The predicted octanol–water partition coefficient (Wildman–Crippen LogP) is -7.68. The molecule has 2 amide bonds. The first kappa shape index (κ1) is 47.1. The molecule has 25 nitrogen and oxygen atoms in total. The standard InChI is InChI=1S/C31H51N3O22/c1-9(17(32)27(46)47)51-28-19(34-11(3)38)21(43)24(15(6-35)52-28)54-29-23(45)22(44)25(16(7-36)53-29)55-31(30(48)49)5-13(40)18(33-10(2)37)26(56-31)20(42)14(41)8-50-12(4)39/h9,13-26,28-29,35-36,40-45H,5-8,32H2,1-4H3,(H,33,37)(H,34,38)(H,46,47)(H,48,49)/t9-,13+,14-,15-,16-,17+,18-,19-,20-,21-,22-,23-,24+,25+,26-,28?,29?,31-/m1/s1. The van der Waals surface area contributed by atoms with E-state index < -0.39 is 166 Å². The van der Waals surface area contributed by atoms with Crippen LogP contribution < -0.4 is 16.4 Å². The van der Waals surface area contributed by atoms with Crippen LogP contribution in [-0.2, 0) is 57.1 Å². The summed E-state index contributed by atoms with van der Waals surface area (Å²) in [6.45, 7) is 1.51. The second kappa shape index (κ2) is 19.9. The number of hydrogen-bond acceptors (Lipinski definition) is 21. The molecule has 0 bridgehead atoms. The lowest BCUT2D eigenvalue weighted by Crippen LogP contribution is -2.71. The number of aliphatic carboxylic acids is 2. The smallest absolute Gasteiger partial charge is 0.364 e. The highest BCUT2D eigenvalue weighted by molar-refractivity contribution is 5.77. The van der Waals surface area contributed by atoms with Crippen LogP contribution in [0.5, 0.6) is 0 Å². The van der Waals surface area contributed by atoms with E-state index in [1.165, 1.54) is 6.92 Å². The van der Waals surface area contributed by atoms with E-state index in [1.54, 1.807) is 0 Å². The molecule has 0 aliphatic carbocycles. The van der Waals surface area contributed by atoms with Crippen molar-refractivity contribution in [2.75, 3.05) is 19.8 Å². The average molecular weight is 818 g/mol. The molecule has 0 spiro atoms. The molecular formula is C31H51N3O22. The number of ether oxygens (including phenoxy) is 7. The Morgan fingerprint density at radius 2 is 1.39 bits per heavy atom. The third-order valence-corrected chi connectivity index (χ3v) is 9.26. The van der Waals surface area contributed by atoms with Crippen LogP contribution in [-0.4, -0.2) is 210 Å². The number of carbonyl (C=O) groups excluding carboxylic acids is 3. The third-order valence-electron chi connectivity index (χ3n) is 9.26. The minimum Gasteiger partial charge on any atom is -0.480 e. The molecule has 0 radical (unpaired) electrons. The summed E-state index contributed by atoms with van der Waals surface area (Å²) >= 11 is 0. The van der Waals surface area contributed by atoms with Gasteiger partial charge in [-0.1, -0.05) is 0 Å². The van der Waals surface area contributed by atoms with Gasteiger partial charge in [-0.2, -0.15) is 0 Å². The minimum atomic E-state index is -3.06. The number of rotatable bonds is 17. The monoisotopic (exact) mass is 817 g/mol. The normalized spacial score (nSPS) is 38.3. The van der Waals surface area contributed by atoms with Gasteiger partial charge in [-0.15, -0.1) is 0 Å². The summed E-state index contributed by atoms with van der Waals surface area (Å²) in [7, 11) is 0. The van der Waals surface area contributed by atoms with Gasteiger partial charge in [-0.25, -0.2) is 4.79 Å². The van der Waals surface area contributed by atoms with E-state index in [0.29, 0.717) is 0 Å². The van der Waals surface area contributed by atoms with Crippen molar-refractivity contribution in [2.45, 2.75) is 144 Å². The van der Waals surface area contributed by atoms with Crippen LogP contribution in [0.1, 0.15) is 34.1 Å². The summed E-state index contributed by atoms with van der Waals surface area (Å²) in [6.07, 6.45) is -27.5. The molecule has 3 heterocycles. The van der Waals surface area contributed by atoms with E-state index in [9.17, 15) is 75.0 Å². The highest BCUT2D eigenvalue weighted by Gasteiger charge is 2.60. The maximum absolute atomic E-state index is 12.8. The fourth-order valence-electron chi connectivity index (χ4n) is 6.36. The SMILES string of the molecule is CC(=O)N[C@H]1[C@H]([C@H](O)[C@H](O)COC(C)=O)O[C@@](O[C@@H]2[C@H](O)[C@@H](O)C(O[C@@H]3[C@H](O)[C@@H](NC(C)=O)C(O[C@H](C)[C@H](N)C(=O)O)O[C@@H]3CO)O[C@@H]2CO)(C(=O)O)C[C@@H]1O. The Hall–Kier alpha value is -3.25. The second-order valence-corrected chi connectivity index (χ2v) is 13.5. The molecule has 0 aromatic heterocycles. The van der Waals surface area contributed by atoms with Crippen molar-refractivity contribution in [3.05, 3.63) is 0 Å². The van der Waals surface area contributed by atoms with Gasteiger partial charge < -0.3 is 101 Å². The molecule has 0 saturated carbocycles. The number of aliphatic hydroxyl groups is 8. The largest absolute Gasteiger partial charge is 0.480 e. The van der Waals surface area contributed by atoms with E-state index in [0.717, 1.165) is 20.8 Å². The van der Waals surface area contributed by atoms with E-state index in [-0.39, 0.29) is 0 Å². The predicted molar refractivity (Wildman–Crippen MR) is 175 cm³/mol. The molecule has 3 aliphatic heterocycles. The number of nitrogens with two attached hydrogens (primary N) is 1. The van der Waals surface area contributed by atoms with Crippen LogP contribution in [0.15, 0.2) is 0 Å². The first-order valence-electron chi connectivity index (χ1n) is 17.3. The van der Waals surface area contributed by atoms with Gasteiger partial charge in [0.25, 0.3) is 5.79 Å². The Balaban J connectivity index is 1.89. The molecule has 0 aromatic carbocycles. The average Bonchev–Trinajstić information content (AvgIpc) is 3.12. The van der Waals surface area contributed by atoms with Crippen molar-refractivity contribution < 1.29 is 108 Å². The van der Waals surface area contributed by atoms with Crippen molar-refractivity contribution in [1.29, 1.82) is 0 Å². The van der Waals surface area contributed by atoms with Crippen LogP contribution in [0.2, 0.25) is 0 Å². The quantitative estimate of drug-likeness (QED) is 0.0606. The Labute approximate surface area is 318 Å². The number of esters is 1. The van der Waals surface area contributed by atoms with Crippen molar-refractivity contribution in [3.63, 3.8) is 0 Å². The zero-order valence-corrected chi connectivity index (χ0v) is 30.6. The highest BCUT2D eigenvalue weighted by Crippen LogP contribution is 2.38. The molecule has 3 saturated heterocycles. The number of hydrogen-bond donors (Lipinski definition) is 13. The van der Waals surface area contributed by atoms with Gasteiger partial charge in [0.15, 0.2) is 12.6 Å². The van der Waals surface area contributed by atoms with Crippen LogP contribution in [0.4, 0.5) is 0 Å². The molecule has 0 aromatic rings. The van der Waals surface area contributed by atoms with Gasteiger partial charge in [0.1, 0.15) is 79.7 Å². The molecule has 322 valence electrons. The Morgan fingerprint density at radius 1 is 0.839 bits per heavy atom. The van der Waals surface area contributed by atoms with Crippen molar-refractivity contribution >= 4 is 29.7 Å². The molecule has 18 atom stereocenters. The first-order chi connectivity index (χ1) is 26.1. The number of carbonyl (C=O) groups is 5. The Morgan fingerprint density at radius 3 is 1.91 bits per heavy atom. The summed E-state index contributed by atoms with van der Waals surface area (Å²) in [5, 5.41) is 111. The first-order valence-corrected chi connectivity index (χ1v) is 17.3. The number of carboxylic acids is 2. The summed E-state index contributed by atoms with van der Waals surface area (Å²) < 4.78 is 38.5. The Kier molecular flexibility index (Phi) is 16.8. The molecule has 2 unspecified atom stereocenters. The lowest BCUT2D eigenvalue weighted by molar-refractivity contribution is -0.382. The van der Waals surface area contributed by atoms with Gasteiger partial charge in [0, 0.05) is 27.2 Å². The summed E-state index contributed by atoms with van der Waals surface area (Å²) in [5.41, 5.74) is 5.60. The highest BCUT2D eigenvalue weighted by atomic mass is 16.8. The summed E-state index contributed by atoms with van der Waals surface area (Å²) in [4.78, 5) is 59.4.